The van der Waals surface area contributed by atoms with Crippen molar-refractivity contribution >= 4 is 5.71 Å². The first-order valence-electron chi connectivity index (χ1n) is 9.80. The average Bonchev–Trinajstić information content (AvgIpc) is 2.87. The Balaban J connectivity index is 1.43. The molecule has 3 heteroatoms. The number of likely N-dealkylation sites (N-methyl/N-ethyl adjacent to an activating group) is 1. The minimum Gasteiger partial charge on any atom is -0.305 e. The molecule has 26 heavy (non-hydrogen) atoms. The van der Waals surface area contributed by atoms with Crippen molar-refractivity contribution in [2.24, 2.45) is 4.99 Å². The first kappa shape index (κ1) is 17.4. The Labute approximate surface area is 157 Å². The summed E-state index contributed by atoms with van der Waals surface area (Å²) in [5.41, 5.74) is 8.16. The van der Waals surface area contributed by atoms with Gasteiger partial charge in [-0.05, 0) is 61.3 Å². The maximum atomic E-state index is 4.85. The van der Waals surface area contributed by atoms with Crippen LogP contribution in [0.2, 0.25) is 0 Å². The zero-order valence-corrected chi connectivity index (χ0v) is 16.0. The number of fused-ring (bicyclic) bond motifs is 1. The van der Waals surface area contributed by atoms with Crippen LogP contribution in [0.5, 0.6) is 0 Å². The zero-order valence-electron chi connectivity index (χ0n) is 16.0. The molecule has 0 radical (unpaired) electrons. The highest BCUT2D eigenvalue weighted by Gasteiger charge is 2.16. The lowest BCUT2D eigenvalue weighted by atomic mass is 9.91. The second kappa shape index (κ2) is 7.73. The molecule has 1 fully saturated rings. The number of rotatable bonds is 3. The lowest BCUT2D eigenvalue weighted by Gasteiger charge is -2.21. The lowest BCUT2D eigenvalue weighted by Crippen LogP contribution is -2.28. The van der Waals surface area contributed by atoms with E-state index >= 15 is 0 Å². The van der Waals surface area contributed by atoms with Gasteiger partial charge in [0.05, 0.1) is 6.54 Å². The van der Waals surface area contributed by atoms with E-state index in [0.717, 1.165) is 19.5 Å². The molecule has 0 aromatic heterocycles. The van der Waals surface area contributed by atoms with E-state index in [4.69, 9.17) is 4.99 Å². The molecule has 0 atom stereocenters. The van der Waals surface area contributed by atoms with Crippen LogP contribution in [0, 0.1) is 6.92 Å². The second-order valence-corrected chi connectivity index (χ2v) is 7.78. The summed E-state index contributed by atoms with van der Waals surface area (Å²) in [4.78, 5) is 9.86. The molecule has 2 aliphatic heterocycles. The van der Waals surface area contributed by atoms with E-state index in [2.05, 4.69) is 66.2 Å². The predicted molar refractivity (Wildman–Crippen MR) is 109 cm³/mol. The number of hydrogen-bond donors (Lipinski definition) is 0. The number of nitrogens with zero attached hydrogens (tertiary/aromatic N) is 3. The molecule has 2 heterocycles. The van der Waals surface area contributed by atoms with E-state index in [9.17, 15) is 0 Å². The molecule has 2 aliphatic rings. The lowest BCUT2D eigenvalue weighted by molar-refractivity contribution is 0.269. The summed E-state index contributed by atoms with van der Waals surface area (Å²) in [7, 11) is 2.23. The third kappa shape index (κ3) is 3.89. The van der Waals surface area contributed by atoms with Crippen LogP contribution in [0.15, 0.2) is 47.5 Å². The Hall–Kier alpha value is -1.97. The van der Waals surface area contributed by atoms with Crippen molar-refractivity contribution in [3.05, 3.63) is 70.3 Å². The molecule has 2 aromatic carbocycles. The van der Waals surface area contributed by atoms with Crippen molar-refractivity contribution in [2.75, 3.05) is 33.2 Å². The second-order valence-electron chi connectivity index (χ2n) is 7.78. The fourth-order valence-electron chi connectivity index (χ4n) is 4.08. The van der Waals surface area contributed by atoms with Crippen molar-refractivity contribution in [3.63, 3.8) is 0 Å². The molecule has 0 bridgehead atoms. The molecule has 0 N–H and O–H groups in total. The van der Waals surface area contributed by atoms with Gasteiger partial charge in [-0.25, -0.2) is 0 Å². The molecule has 136 valence electrons. The average molecular weight is 348 g/mol. The van der Waals surface area contributed by atoms with Gasteiger partial charge in [-0.1, -0.05) is 42.5 Å². The fraction of sp³-hybridized carbons (Fsp3) is 0.435. The van der Waals surface area contributed by atoms with Crippen LogP contribution < -0.4 is 0 Å². The molecule has 1 saturated heterocycles. The van der Waals surface area contributed by atoms with E-state index in [1.807, 2.05) is 0 Å². The van der Waals surface area contributed by atoms with Crippen molar-refractivity contribution < 1.29 is 0 Å². The Morgan fingerprint density at radius 2 is 1.81 bits per heavy atom. The third-order valence-corrected chi connectivity index (χ3v) is 5.80. The molecular weight excluding hydrogens is 318 g/mol. The fourth-order valence-corrected chi connectivity index (χ4v) is 4.08. The highest BCUT2D eigenvalue weighted by atomic mass is 15.2. The van der Waals surface area contributed by atoms with E-state index < -0.39 is 0 Å². The summed E-state index contributed by atoms with van der Waals surface area (Å²) < 4.78 is 0. The van der Waals surface area contributed by atoms with Gasteiger partial charge in [0.25, 0.3) is 0 Å². The van der Waals surface area contributed by atoms with Crippen LogP contribution >= 0.6 is 0 Å². The monoisotopic (exact) mass is 347 g/mol. The molecular formula is C23H29N3. The molecule has 0 amide bonds. The summed E-state index contributed by atoms with van der Waals surface area (Å²) in [6.45, 7) is 8.85. The SMILES string of the molecule is Cc1cccc2c1CC(c1ccc(CN3CCCN(C)CC3)cc1)=NC2. The highest BCUT2D eigenvalue weighted by Crippen LogP contribution is 2.23. The summed E-state index contributed by atoms with van der Waals surface area (Å²) in [6.07, 6.45) is 2.23. The maximum Gasteiger partial charge on any atom is 0.0646 e. The van der Waals surface area contributed by atoms with Gasteiger partial charge in [-0.2, -0.15) is 0 Å². The van der Waals surface area contributed by atoms with Gasteiger partial charge in [0.15, 0.2) is 0 Å². The van der Waals surface area contributed by atoms with E-state index in [1.165, 1.54) is 66.1 Å². The topological polar surface area (TPSA) is 18.8 Å². The maximum absolute atomic E-state index is 4.85. The van der Waals surface area contributed by atoms with Gasteiger partial charge in [0.1, 0.15) is 0 Å². The van der Waals surface area contributed by atoms with Crippen LogP contribution in [0.3, 0.4) is 0 Å². The highest BCUT2D eigenvalue weighted by molar-refractivity contribution is 6.02. The first-order chi connectivity index (χ1) is 12.7. The standard InChI is InChI=1S/C23H29N3/c1-18-5-3-6-21-16-24-23(15-22(18)21)20-9-7-19(8-10-20)17-26-12-4-11-25(2)13-14-26/h3,5-10H,4,11-17H2,1-2H3. The Morgan fingerprint density at radius 1 is 0.962 bits per heavy atom. The Morgan fingerprint density at radius 3 is 2.65 bits per heavy atom. The molecule has 4 rings (SSSR count). The first-order valence-corrected chi connectivity index (χ1v) is 9.80. The molecule has 0 saturated carbocycles. The molecule has 0 spiro atoms. The number of hydrogen-bond acceptors (Lipinski definition) is 3. The van der Waals surface area contributed by atoms with Gasteiger partial charge in [0.2, 0.25) is 0 Å². The van der Waals surface area contributed by atoms with E-state index in [1.54, 1.807) is 0 Å². The van der Waals surface area contributed by atoms with Gasteiger partial charge in [-0.15, -0.1) is 0 Å². The van der Waals surface area contributed by atoms with E-state index in [-0.39, 0.29) is 0 Å². The molecule has 0 aliphatic carbocycles. The van der Waals surface area contributed by atoms with Crippen molar-refractivity contribution in [1.29, 1.82) is 0 Å². The van der Waals surface area contributed by atoms with Crippen molar-refractivity contribution in [3.8, 4) is 0 Å². The quantitative estimate of drug-likeness (QED) is 0.843. The zero-order chi connectivity index (χ0) is 17.9. The predicted octanol–water partition coefficient (Wildman–Crippen LogP) is 3.68. The molecule has 3 nitrogen and oxygen atoms in total. The van der Waals surface area contributed by atoms with Crippen LogP contribution in [0.4, 0.5) is 0 Å². The third-order valence-electron chi connectivity index (χ3n) is 5.80. The largest absolute Gasteiger partial charge is 0.305 e. The Bertz CT molecular complexity index is 792. The number of aliphatic imine (C=N–C) groups is 1. The van der Waals surface area contributed by atoms with Crippen LogP contribution in [-0.2, 0) is 19.5 Å². The summed E-state index contributed by atoms with van der Waals surface area (Å²) >= 11 is 0. The van der Waals surface area contributed by atoms with E-state index in [0.29, 0.717) is 0 Å². The van der Waals surface area contributed by atoms with Crippen LogP contribution in [0.1, 0.15) is 34.2 Å². The Kier molecular flexibility index (Phi) is 5.18. The summed E-state index contributed by atoms with van der Waals surface area (Å²) in [5, 5.41) is 0. The van der Waals surface area contributed by atoms with Crippen molar-refractivity contribution in [1.82, 2.24) is 9.80 Å². The van der Waals surface area contributed by atoms with Gasteiger partial charge in [0, 0.05) is 31.8 Å². The molecule has 2 aromatic rings. The van der Waals surface area contributed by atoms with Crippen molar-refractivity contribution in [2.45, 2.75) is 32.9 Å². The van der Waals surface area contributed by atoms with Gasteiger partial charge in [-0.3, -0.25) is 9.89 Å². The number of benzene rings is 2. The van der Waals surface area contributed by atoms with Crippen LogP contribution in [-0.4, -0.2) is 48.7 Å². The van der Waals surface area contributed by atoms with Gasteiger partial charge >= 0.3 is 0 Å². The molecule has 0 unspecified atom stereocenters. The number of aryl methyl sites for hydroxylation is 1. The minimum atomic E-state index is 0.815. The normalized spacial score (nSPS) is 18.9. The summed E-state index contributed by atoms with van der Waals surface area (Å²) in [6, 6.07) is 15.7. The van der Waals surface area contributed by atoms with Crippen LogP contribution in [0.25, 0.3) is 0 Å². The minimum absolute atomic E-state index is 0.815. The van der Waals surface area contributed by atoms with Gasteiger partial charge < -0.3 is 4.90 Å². The summed E-state index contributed by atoms with van der Waals surface area (Å²) in [5.74, 6) is 0. The smallest absolute Gasteiger partial charge is 0.0646 e.